The van der Waals surface area contributed by atoms with E-state index in [1.807, 2.05) is 19.9 Å². The third-order valence-corrected chi connectivity index (χ3v) is 5.15. The highest BCUT2D eigenvalue weighted by Crippen LogP contribution is 2.51. The molecular formula is C23H34O5. The van der Waals surface area contributed by atoms with Crippen LogP contribution in [0.3, 0.4) is 0 Å². The summed E-state index contributed by atoms with van der Waals surface area (Å²) in [6.07, 6.45) is 5.93. The van der Waals surface area contributed by atoms with Crippen LogP contribution in [0, 0.1) is 6.92 Å². The highest BCUT2D eigenvalue weighted by molar-refractivity contribution is 5.57. The number of benzene rings is 1. The van der Waals surface area contributed by atoms with Crippen LogP contribution < -0.4 is 9.47 Å². The van der Waals surface area contributed by atoms with Crippen LogP contribution >= 0.6 is 0 Å². The minimum atomic E-state index is -0.912. The summed E-state index contributed by atoms with van der Waals surface area (Å²) in [5.41, 5.74) is 5.30. The molecule has 0 aromatic heterocycles. The van der Waals surface area contributed by atoms with Crippen LogP contribution in [0.2, 0.25) is 0 Å². The van der Waals surface area contributed by atoms with Crippen molar-refractivity contribution in [1.29, 1.82) is 0 Å². The van der Waals surface area contributed by atoms with Crippen LogP contribution in [-0.4, -0.2) is 27.9 Å². The van der Waals surface area contributed by atoms with E-state index in [1.54, 1.807) is 21.3 Å². The molecule has 0 N–H and O–H groups in total. The Labute approximate surface area is 169 Å². The van der Waals surface area contributed by atoms with Gasteiger partial charge < -0.3 is 23.7 Å². The molecular weight excluding hydrogens is 356 g/mol. The normalized spacial score (nSPS) is 21.4. The molecule has 1 aliphatic rings. The van der Waals surface area contributed by atoms with E-state index >= 15 is 0 Å². The molecule has 0 bridgehead atoms. The Morgan fingerprint density at radius 1 is 1.18 bits per heavy atom. The number of hydrogen-bond donors (Lipinski definition) is 0. The number of rotatable bonds is 9. The first kappa shape index (κ1) is 22.5. The summed E-state index contributed by atoms with van der Waals surface area (Å²) in [5.74, 6) is 0.558. The first-order valence-electron chi connectivity index (χ1n) is 9.66. The van der Waals surface area contributed by atoms with Gasteiger partial charge in [0.05, 0.1) is 12.7 Å². The van der Waals surface area contributed by atoms with Crippen molar-refractivity contribution in [3.8, 4) is 11.5 Å². The second-order valence-electron chi connectivity index (χ2n) is 7.51. The van der Waals surface area contributed by atoms with E-state index in [-0.39, 0.29) is 0 Å². The zero-order valence-corrected chi connectivity index (χ0v) is 18.5. The van der Waals surface area contributed by atoms with Gasteiger partial charge in [0.25, 0.3) is 0 Å². The maximum absolute atomic E-state index is 6.09. The topological polar surface area (TPSA) is 46.2 Å². The van der Waals surface area contributed by atoms with E-state index in [2.05, 4.69) is 32.9 Å². The predicted molar refractivity (Wildman–Crippen MR) is 111 cm³/mol. The molecule has 28 heavy (non-hydrogen) atoms. The van der Waals surface area contributed by atoms with E-state index < -0.39 is 12.1 Å². The standard InChI is InChI=1S/C23H34O5/c1-15(2)10-9-11-16(3)12-13-27-19-14-18-20(21(24-6)17(19)4)22(25-7)28-23(18,5)26-8/h10,12,14,22H,9,11,13H2,1-8H3. The fourth-order valence-electron chi connectivity index (χ4n) is 3.39. The molecule has 5 heteroatoms. The molecule has 0 aliphatic carbocycles. The molecule has 1 aromatic rings. The SMILES string of the molecule is COc1c(C)c(OCC=C(C)CCC=C(C)C)cc2c1C(OC)OC2(C)OC. The average Bonchev–Trinajstić information content (AvgIpc) is 2.94. The van der Waals surface area contributed by atoms with Crippen LogP contribution in [0.15, 0.2) is 29.4 Å². The molecule has 0 saturated carbocycles. The van der Waals surface area contributed by atoms with Gasteiger partial charge in [-0.25, -0.2) is 0 Å². The zero-order chi connectivity index (χ0) is 20.9. The second kappa shape index (κ2) is 9.59. The van der Waals surface area contributed by atoms with Crippen molar-refractivity contribution < 1.29 is 23.7 Å². The number of ether oxygens (including phenoxy) is 5. The van der Waals surface area contributed by atoms with Crippen LogP contribution in [-0.2, 0) is 20.0 Å². The Morgan fingerprint density at radius 2 is 1.89 bits per heavy atom. The Hall–Kier alpha value is -1.82. The number of fused-ring (bicyclic) bond motifs is 1. The van der Waals surface area contributed by atoms with Crippen LogP contribution in [0.5, 0.6) is 11.5 Å². The molecule has 0 saturated heterocycles. The molecule has 1 aromatic carbocycles. The highest BCUT2D eigenvalue weighted by Gasteiger charge is 2.45. The van der Waals surface area contributed by atoms with Gasteiger partial charge in [0.2, 0.25) is 0 Å². The van der Waals surface area contributed by atoms with Gasteiger partial charge in [0.15, 0.2) is 12.1 Å². The first-order valence-corrected chi connectivity index (χ1v) is 9.66. The van der Waals surface area contributed by atoms with Crippen molar-refractivity contribution >= 4 is 0 Å². The van der Waals surface area contributed by atoms with Crippen molar-refractivity contribution in [2.45, 2.75) is 59.5 Å². The predicted octanol–water partition coefficient (Wildman–Crippen LogP) is 5.57. The summed E-state index contributed by atoms with van der Waals surface area (Å²) in [6.45, 7) is 10.7. The summed E-state index contributed by atoms with van der Waals surface area (Å²) >= 11 is 0. The Morgan fingerprint density at radius 3 is 2.46 bits per heavy atom. The van der Waals surface area contributed by atoms with Gasteiger partial charge in [0, 0.05) is 25.3 Å². The summed E-state index contributed by atoms with van der Waals surface area (Å²) in [7, 11) is 4.87. The summed E-state index contributed by atoms with van der Waals surface area (Å²) in [4.78, 5) is 0. The Kier molecular flexibility index (Phi) is 7.70. The smallest absolute Gasteiger partial charge is 0.195 e. The highest BCUT2D eigenvalue weighted by atomic mass is 16.8. The van der Waals surface area contributed by atoms with Gasteiger partial charge in [-0.2, -0.15) is 0 Å². The largest absolute Gasteiger partial charge is 0.496 e. The molecule has 2 rings (SSSR count). The Bertz CT molecular complexity index is 746. The van der Waals surface area contributed by atoms with Gasteiger partial charge in [0.1, 0.15) is 18.1 Å². The van der Waals surface area contributed by atoms with Crippen molar-refractivity contribution in [1.82, 2.24) is 0 Å². The Balaban J connectivity index is 2.25. The lowest BCUT2D eigenvalue weighted by atomic mass is 9.98. The van der Waals surface area contributed by atoms with E-state index in [4.69, 9.17) is 23.7 Å². The van der Waals surface area contributed by atoms with Crippen molar-refractivity contribution in [3.05, 3.63) is 46.1 Å². The maximum Gasteiger partial charge on any atom is 0.195 e. The molecule has 1 heterocycles. The maximum atomic E-state index is 6.09. The summed E-state index contributed by atoms with van der Waals surface area (Å²) < 4.78 is 28.9. The van der Waals surface area contributed by atoms with E-state index in [9.17, 15) is 0 Å². The number of hydrogen-bond acceptors (Lipinski definition) is 5. The summed E-state index contributed by atoms with van der Waals surface area (Å²) in [6, 6.07) is 1.97. The molecule has 1 aliphatic heterocycles. The van der Waals surface area contributed by atoms with Crippen LogP contribution in [0.1, 0.15) is 63.5 Å². The molecule has 2 atom stereocenters. The lowest BCUT2D eigenvalue weighted by Gasteiger charge is -2.24. The second-order valence-corrected chi connectivity index (χ2v) is 7.51. The molecule has 0 spiro atoms. The van der Waals surface area contributed by atoms with Crippen LogP contribution in [0.25, 0.3) is 0 Å². The van der Waals surface area contributed by atoms with E-state index in [0.29, 0.717) is 12.4 Å². The van der Waals surface area contributed by atoms with Crippen molar-refractivity contribution in [2.24, 2.45) is 0 Å². The number of methoxy groups -OCH3 is 3. The number of allylic oxidation sites excluding steroid dienone is 3. The zero-order valence-electron chi connectivity index (χ0n) is 18.5. The van der Waals surface area contributed by atoms with Gasteiger partial charge in [-0.3, -0.25) is 0 Å². The molecule has 0 fully saturated rings. The van der Waals surface area contributed by atoms with Gasteiger partial charge >= 0.3 is 0 Å². The molecule has 2 unspecified atom stereocenters. The lowest BCUT2D eigenvalue weighted by Crippen LogP contribution is -2.23. The minimum Gasteiger partial charge on any atom is -0.496 e. The van der Waals surface area contributed by atoms with E-state index in [0.717, 1.165) is 35.3 Å². The lowest BCUT2D eigenvalue weighted by molar-refractivity contribution is -0.280. The average molecular weight is 391 g/mol. The quantitative estimate of drug-likeness (QED) is 0.516. The van der Waals surface area contributed by atoms with Gasteiger partial charge in [-0.1, -0.05) is 17.2 Å². The van der Waals surface area contributed by atoms with Crippen molar-refractivity contribution in [3.63, 3.8) is 0 Å². The van der Waals surface area contributed by atoms with E-state index in [1.165, 1.54) is 11.1 Å². The molecule has 156 valence electrons. The third-order valence-electron chi connectivity index (χ3n) is 5.15. The fourth-order valence-corrected chi connectivity index (χ4v) is 3.39. The fraction of sp³-hybridized carbons (Fsp3) is 0.565. The molecule has 0 amide bonds. The van der Waals surface area contributed by atoms with Gasteiger partial charge in [-0.05, 0) is 59.6 Å². The molecule has 0 radical (unpaired) electrons. The molecule has 5 nitrogen and oxygen atoms in total. The first-order chi connectivity index (χ1) is 13.3. The van der Waals surface area contributed by atoms with Crippen molar-refractivity contribution in [2.75, 3.05) is 27.9 Å². The van der Waals surface area contributed by atoms with Crippen LogP contribution in [0.4, 0.5) is 0 Å². The summed E-state index contributed by atoms with van der Waals surface area (Å²) in [5, 5.41) is 0. The third kappa shape index (κ3) is 4.77. The monoisotopic (exact) mass is 390 g/mol. The minimum absolute atomic E-state index is 0.502. The van der Waals surface area contributed by atoms with Gasteiger partial charge in [-0.15, -0.1) is 0 Å².